The van der Waals surface area contributed by atoms with Gasteiger partial charge >= 0.3 is 0 Å². The van der Waals surface area contributed by atoms with Crippen LogP contribution in [0.15, 0.2) is 0 Å². The van der Waals surface area contributed by atoms with Crippen LogP contribution in [-0.2, 0) is 19.0 Å². The Balaban J connectivity index is 1.63. The molecule has 0 aromatic rings. The maximum Gasteiger partial charge on any atom is 0.246 e. The summed E-state index contributed by atoms with van der Waals surface area (Å²) in [5.41, 5.74) is -0.357. The second-order valence-corrected chi connectivity index (χ2v) is 5.23. The number of rotatable bonds is 6. The first-order chi connectivity index (χ1) is 9.24. The van der Waals surface area contributed by atoms with Crippen molar-refractivity contribution >= 4 is 5.91 Å². The van der Waals surface area contributed by atoms with Gasteiger partial charge in [-0.3, -0.25) is 4.79 Å². The molecule has 2 fully saturated rings. The molecule has 0 radical (unpaired) electrons. The molecule has 0 aromatic heterocycles. The molecule has 0 aliphatic carbocycles. The lowest BCUT2D eigenvalue weighted by Gasteiger charge is -2.26. The normalized spacial score (nSPS) is 28.5. The quantitative estimate of drug-likeness (QED) is 0.693. The van der Waals surface area contributed by atoms with Gasteiger partial charge in [-0.15, -0.1) is 0 Å². The highest BCUT2D eigenvalue weighted by Crippen LogP contribution is 2.21. The second-order valence-electron chi connectivity index (χ2n) is 5.23. The molecule has 2 N–H and O–H groups in total. The molecule has 2 aliphatic rings. The van der Waals surface area contributed by atoms with E-state index in [-0.39, 0.29) is 24.2 Å². The fraction of sp³-hybridized carbons (Fsp3) is 0.923. The van der Waals surface area contributed by atoms with Gasteiger partial charge in [-0.05, 0) is 25.9 Å². The minimum Gasteiger partial charge on any atom is -0.378 e. The molecule has 0 aromatic carbocycles. The number of amides is 1. The molecule has 2 saturated heterocycles. The van der Waals surface area contributed by atoms with Crippen LogP contribution >= 0.6 is 0 Å². The SMILES string of the molecule is COC1(CNC(=O)COC2CCNCC2)CCOC1. The lowest BCUT2D eigenvalue weighted by Crippen LogP contribution is -2.46. The number of ether oxygens (including phenoxy) is 3. The first kappa shape index (κ1) is 14.7. The number of hydrogen-bond donors (Lipinski definition) is 2. The summed E-state index contributed by atoms with van der Waals surface area (Å²) >= 11 is 0. The molecule has 2 aliphatic heterocycles. The van der Waals surface area contributed by atoms with Gasteiger partial charge in [-0.2, -0.15) is 0 Å². The van der Waals surface area contributed by atoms with E-state index >= 15 is 0 Å². The van der Waals surface area contributed by atoms with E-state index < -0.39 is 0 Å². The summed E-state index contributed by atoms with van der Waals surface area (Å²) in [5.74, 6) is -0.0816. The molecular weight excluding hydrogens is 248 g/mol. The lowest BCUT2D eigenvalue weighted by molar-refractivity contribution is -0.129. The van der Waals surface area contributed by atoms with Gasteiger partial charge in [0.05, 0.1) is 12.7 Å². The van der Waals surface area contributed by atoms with E-state index in [1.807, 2.05) is 0 Å². The molecule has 1 unspecified atom stereocenters. The van der Waals surface area contributed by atoms with E-state index in [1.54, 1.807) is 7.11 Å². The first-order valence-corrected chi connectivity index (χ1v) is 6.96. The van der Waals surface area contributed by atoms with Gasteiger partial charge in [0.15, 0.2) is 0 Å². The minimum atomic E-state index is -0.357. The fourth-order valence-electron chi connectivity index (χ4n) is 2.43. The van der Waals surface area contributed by atoms with Crippen LogP contribution in [0, 0.1) is 0 Å². The standard InChI is InChI=1S/C13H24N2O4/c1-17-13(4-7-18-10-13)9-15-12(16)8-19-11-2-5-14-6-3-11/h11,14H,2-10H2,1H3,(H,15,16). The summed E-state index contributed by atoms with van der Waals surface area (Å²) in [6.45, 7) is 3.78. The third-order valence-corrected chi connectivity index (χ3v) is 3.84. The Kier molecular flexibility index (Phi) is 5.57. The predicted octanol–water partition coefficient (Wildman–Crippen LogP) is -0.323. The molecule has 19 heavy (non-hydrogen) atoms. The number of hydrogen-bond acceptors (Lipinski definition) is 5. The van der Waals surface area contributed by atoms with Gasteiger partial charge in [0.25, 0.3) is 0 Å². The molecule has 0 saturated carbocycles. The number of nitrogens with one attached hydrogen (secondary N) is 2. The minimum absolute atomic E-state index is 0.0816. The Bertz CT molecular complexity index is 286. The average Bonchev–Trinajstić information content (AvgIpc) is 2.93. The Hall–Kier alpha value is -0.690. The summed E-state index contributed by atoms with van der Waals surface area (Å²) in [5, 5.41) is 6.14. The van der Waals surface area contributed by atoms with Gasteiger partial charge in [-0.1, -0.05) is 0 Å². The summed E-state index contributed by atoms with van der Waals surface area (Å²) in [6.07, 6.45) is 2.98. The Labute approximate surface area is 114 Å². The number of methoxy groups -OCH3 is 1. The van der Waals surface area contributed by atoms with Crippen molar-refractivity contribution in [3.05, 3.63) is 0 Å². The highest BCUT2D eigenvalue weighted by atomic mass is 16.5. The highest BCUT2D eigenvalue weighted by molar-refractivity contribution is 5.77. The Morgan fingerprint density at radius 1 is 1.47 bits per heavy atom. The summed E-state index contributed by atoms with van der Waals surface area (Å²) in [4.78, 5) is 11.8. The van der Waals surface area contributed by atoms with E-state index in [0.717, 1.165) is 32.4 Å². The van der Waals surface area contributed by atoms with Crippen LogP contribution in [0.25, 0.3) is 0 Å². The van der Waals surface area contributed by atoms with Crippen molar-refractivity contribution in [3.63, 3.8) is 0 Å². The molecule has 110 valence electrons. The molecular formula is C13H24N2O4. The summed E-state index contributed by atoms with van der Waals surface area (Å²) in [7, 11) is 1.66. The maximum atomic E-state index is 11.8. The van der Waals surface area contributed by atoms with Crippen molar-refractivity contribution in [1.29, 1.82) is 0 Å². The van der Waals surface area contributed by atoms with E-state index in [1.165, 1.54) is 0 Å². The zero-order valence-corrected chi connectivity index (χ0v) is 11.6. The zero-order chi connectivity index (χ0) is 13.6. The van der Waals surface area contributed by atoms with Crippen LogP contribution in [0.5, 0.6) is 0 Å². The van der Waals surface area contributed by atoms with Crippen molar-refractivity contribution in [2.24, 2.45) is 0 Å². The Morgan fingerprint density at radius 3 is 2.89 bits per heavy atom. The molecule has 2 rings (SSSR count). The smallest absolute Gasteiger partial charge is 0.246 e. The topological polar surface area (TPSA) is 68.8 Å². The van der Waals surface area contributed by atoms with Crippen molar-refractivity contribution in [2.45, 2.75) is 31.0 Å². The maximum absolute atomic E-state index is 11.8. The molecule has 0 spiro atoms. The molecule has 2 heterocycles. The number of carbonyl (C=O) groups is 1. The predicted molar refractivity (Wildman–Crippen MR) is 70.0 cm³/mol. The van der Waals surface area contributed by atoms with Gasteiger partial charge in [0.1, 0.15) is 12.2 Å². The third kappa shape index (κ3) is 4.42. The number of piperidine rings is 1. The van der Waals surface area contributed by atoms with Crippen molar-refractivity contribution in [1.82, 2.24) is 10.6 Å². The first-order valence-electron chi connectivity index (χ1n) is 6.96. The van der Waals surface area contributed by atoms with Crippen LogP contribution in [0.4, 0.5) is 0 Å². The summed E-state index contributed by atoms with van der Waals surface area (Å²) < 4.78 is 16.4. The van der Waals surface area contributed by atoms with Crippen molar-refractivity contribution < 1.29 is 19.0 Å². The van der Waals surface area contributed by atoms with Gasteiger partial charge in [0.2, 0.25) is 5.91 Å². The molecule has 0 bridgehead atoms. The second kappa shape index (κ2) is 7.19. The van der Waals surface area contributed by atoms with Crippen LogP contribution in [-0.4, -0.2) is 64.2 Å². The van der Waals surface area contributed by atoms with Crippen LogP contribution in [0.3, 0.4) is 0 Å². The largest absolute Gasteiger partial charge is 0.378 e. The van der Waals surface area contributed by atoms with Crippen molar-refractivity contribution in [2.75, 3.05) is 46.6 Å². The number of carbonyl (C=O) groups excluding carboxylic acids is 1. The zero-order valence-electron chi connectivity index (χ0n) is 11.6. The Morgan fingerprint density at radius 2 is 2.26 bits per heavy atom. The fourth-order valence-corrected chi connectivity index (χ4v) is 2.43. The highest BCUT2D eigenvalue weighted by Gasteiger charge is 2.35. The molecule has 1 atom stereocenters. The van der Waals surface area contributed by atoms with E-state index in [0.29, 0.717) is 19.8 Å². The van der Waals surface area contributed by atoms with Gasteiger partial charge < -0.3 is 24.8 Å². The molecule has 6 heteroatoms. The monoisotopic (exact) mass is 272 g/mol. The van der Waals surface area contributed by atoms with E-state index in [4.69, 9.17) is 14.2 Å². The van der Waals surface area contributed by atoms with E-state index in [2.05, 4.69) is 10.6 Å². The molecule has 6 nitrogen and oxygen atoms in total. The molecule has 1 amide bonds. The van der Waals surface area contributed by atoms with Gasteiger partial charge in [-0.25, -0.2) is 0 Å². The van der Waals surface area contributed by atoms with Crippen molar-refractivity contribution in [3.8, 4) is 0 Å². The summed E-state index contributed by atoms with van der Waals surface area (Å²) in [6, 6.07) is 0. The van der Waals surface area contributed by atoms with Gasteiger partial charge in [0, 0.05) is 26.7 Å². The van der Waals surface area contributed by atoms with Crippen LogP contribution < -0.4 is 10.6 Å². The lowest BCUT2D eigenvalue weighted by atomic mass is 10.0. The van der Waals surface area contributed by atoms with Crippen LogP contribution in [0.2, 0.25) is 0 Å². The van der Waals surface area contributed by atoms with Crippen LogP contribution in [0.1, 0.15) is 19.3 Å². The third-order valence-electron chi connectivity index (χ3n) is 3.84. The average molecular weight is 272 g/mol. The van der Waals surface area contributed by atoms with E-state index in [9.17, 15) is 4.79 Å².